The minimum absolute atomic E-state index is 0.0732. The molecule has 1 atom stereocenters. The highest BCUT2D eigenvalue weighted by molar-refractivity contribution is 5.96. The van der Waals surface area contributed by atoms with Gasteiger partial charge in [-0.05, 0) is 30.0 Å². The van der Waals surface area contributed by atoms with Gasteiger partial charge in [-0.3, -0.25) is 4.79 Å². The Morgan fingerprint density at radius 1 is 1.57 bits per heavy atom. The van der Waals surface area contributed by atoms with E-state index in [2.05, 4.69) is 5.32 Å². The van der Waals surface area contributed by atoms with Crippen molar-refractivity contribution in [3.63, 3.8) is 0 Å². The van der Waals surface area contributed by atoms with E-state index in [1.807, 2.05) is 12.1 Å². The summed E-state index contributed by atoms with van der Waals surface area (Å²) >= 11 is 0. The highest BCUT2D eigenvalue weighted by atomic mass is 16.3. The lowest BCUT2D eigenvalue weighted by atomic mass is 10.0. The van der Waals surface area contributed by atoms with Gasteiger partial charge in [0.2, 0.25) is 0 Å². The van der Waals surface area contributed by atoms with Gasteiger partial charge in [-0.15, -0.1) is 0 Å². The molecular formula is C11H13NO2. The standard InChI is InChI=1S/C11H13NO2/c1-12-11(14)9-4-2-3-8-7(9)5-6-10(8)13/h2-4,10,13H,5-6H2,1H3,(H,12,14). The lowest BCUT2D eigenvalue weighted by Gasteiger charge is -2.07. The number of carbonyl (C=O) groups excluding carboxylic acids is 1. The van der Waals surface area contributed by atoms with Crippen LogP contribution >= 0.6 is 0 Å². The normalized spacial score (nSPS) is 19.1. The Bertz CT molecular complexity index is 374. The summed E-state index contributed by atoms with van der Waals surface area (Å²) in [4.78, 5) is 11.5. The molecule has 0 bridgehead atoms. The summed E-state index contributed by atoms with van der Waals surface area (Å²) in [5.74, 6) is -0.0732. The molecule has 14 heavy (non-hydrogen) atoms. The van der Waals surface area contributed by atoms with Crippen LogP contribution < -0.4 is 5.32 Å². The van der Waals surface area contributed by atoms with Gasteiger partial charge in [-0.25, -0.2) is 0 Å². The molecule has 1 aromatic rings. The minimum Gasteiger partial charge on any atom is -0.388 e. The second-order valence-electron chi connectivity index (χ2n) is 3.51. The maximum atomic E-state index is 11.5. The molecule has 2 rings (SSSR count). The molecule has 74 valence electrons. The topological polar surface area (TPSA) is 49.3 Å². The first-order chi connectivity index (χ1) is 6.74. The number of carbonyl (C=O) groups is 1. The Morgan fingerprint density at radius 2 is 2.36 bits per heavy atom. The smallest absolute Gasteiger partial charge is 0.251 e. The van der Waals surface area contributed by atoms with Crippen molar-refractivity contribution in [2.75, 3.05) is 7.05 Å². The predicted octanol–water partition coefficient (Wildman–Crippen LogP) is 1.03. The molecule has 3 nitrogen and oxygen atoms in total. The molecule has 1 aliphatic carbocycles. The van der Waals surface area contributed by atoms with Crippen LogP contribution in [0.4, 0.5) is 0 Å². The SMILES string of the molecule is CNC(=O)c1cccc2c1CCC2O. The number of hydrogen-bond donors (Lipinski definition) is 2. The summed E-state index contributed by atoms with van der Waals surface area (Å²) in [5.41, 5.74) is 2.60. The van der Waals surface area contributed by atoms with Crippen molar-refractivity contribution in [1.29, 1.82) is 0 Å². The van der Waals surface area contributed by atoms with Gasteiger partial charge in [-0.2, -0.15) is 0 Å². The molecule has 0 saturated carbocycles. The first kappa shape index (κ1) is 9.21. The number of aliphatic hydroxyl groups is 1. The Morgan fingerprint density at radius 3 is 3.07 bits per heavy atom. The fourth-order valence-corrected chi connectivity index (χ4v) is 1.98. The van der Waals surface area contributed by atoms with Crippen LogP contribution in [0.2, 0.25) is 0 Å². The van der Waals surface area contributed by atoms with Crippen LogP contribution in [0.15, 0.2) is 18.2 Å². The number of benzene rings is 1. The van der Waals surface area contributed by atoms with E-state index in [1.54, 1.807) is 13.1 Å². The van der Waals surface area contributed by atoms with Crippen LogP contribution in [-0.2, 0) is 6.42 Å². The average molecular weight is 191 g/mol. The Labute approximate surface area is 82.8 Å². The van der Waals surface area contributed by atoms with Gasteiger partial charge in [0.25, 0.3) is 5.91 Å². The molecule has 0 spiro atoms. The summed E-state index contributed by atoms with van der Waals surface area (Å²) < 4.78 is 0. The molecule has 3 heteroatoms. The maximum absolute atomic E-state index is 11.5. The third kappa shape index (κ3) is 1.30. The highest BCUT2D eigenvalue weighted by Crippen LogP contribution is 2.32. The molecule has 0 saturated heterocycles. The number of fused-ring (bicyclic) bond motifs is 1. The van der Waals surface area contributed by atoms with Gasteiger partial charge in [0.05, 0.1) is 6.10 Å². The first-order valence-corrected chi connectivity index (χ1v) is 4.76. The fourth-order valence-electron chi connectivity index (χ4n) is 1.98. The molecule has 0 radical (unpaired) electrons. The first-order valence-electron chi connectivity index (χ1n) is 4.76. The molecule has 1 aromatic carbocycles. The Hall–Kier alpha value is -1.35. The van der Waals surface area contributed by atoms with E-state index in [9.17, 15) is 9.90 Å². The van der Waals surface area contributed by atoms with E-state index < -0.39 is 6.10 Å². The van der Waals surface area contributed by atoms with Crippen molar-refractivity contribution in [3.8, 4) is 0 Å². The number of nitrogens with one attached hydrogen (secondary N) is 1. The third-order valence-electron chi connectivity index (χ3n) is 2.71. The average Bonchev–Trinajstić information content (AvgIpc) is 2.59. The summed E-state index contributed by atoms with van der Waals surface area (Å²) in [6.45, 7) is 0. The second kappa shape index (κ2) is 3.42. The molecule has 1 aliphatic rings. The minimum atomic E-state index is -0.394. The van der Waals surface area contributed by atoms with Crippen LogP contribution in [0.5, 0.6) is 0 Å². The van der Waals surface area contributed by atoms with Crippen LogP contribution in [0.3, 0.4) is 0 Å². The van der Waals surface area contributed by atoms with Crippen LogP contribution in [0.25, 0.3) is 0 Å². The zero-order chi connectivity index (χ0) is 10.1. The molecule has 0 aromatic heterocycles. The van der Waals surface area contributed by atoms with Gasteiger partial charge < -0.3 is 10.4 Å². The Balaban J connectivity index is 2.49. The molecule has 1 unspecified atom stereocenters. The van der Waals surface area contributed by atoms with Crippen molar-refractivity contribution < 1.29 is 9.90 Å². The van der Waals surface area contributed by atoms with Crippen molar-refractivity contribution in [3.05, 3.63) is 34.9 Å². The van der Waals surface area contributed by atoms with Gasteiger partial charge in [-0.1, -0.05) is 12.1 Å². The molecule has 0 fully saturated rings. The van der Waals surface area contributed by atoms with E-state index in [0.717, 1.165) is 24.0 Å². The van der Waals surface area contributed by atoms with Crippen molar-refractivity contribution in [2.45, 2.75) is 18.9 Å². The van der Waals surface area contributed by atoms with Gasteiger partial charge in [0.1, 0.15) is 0 Å². The predicted molar refractivity (Wildman–Crippen MR) is 53.1 cm³/mol. The van der Waals surface area contributed by atoms with Gasteiger partial charge in [0, 0.05) is 12.6 Å². The lowest BCUT2D eigenvalue weighted by molar-refractivity contribution is 0.0962. The number of rotatable bonds is 1. The summed E-state index contributed by atoms with van der Waals surface area (Å²) in [5, 5.41) is 12.2. The highest BCUT2D eigenvalue weighted by Gasteiger charge is 2.24. The van der Waals surface area contributed by atoms with Crippen LogP contribution in [0, 0.1) is 0 Å². The van der Waals surface area contributed by atoms with Crippen molar-refractivity contribution in [1.82, 2.24) is 5.32 Å². The number of hydrogen-bond acceptors (Lipinski definition) is 2. The van der Waals surface area contributed by atoms with Gasteiger partial charge >= 0.3 is 0 Å². The molecule has 1 amide bonds. The number of amides is 1. The van der Waals surface area contributed by atoms with Crippen LogP contribution in [0.1, 0.15) is 34.0 Å². The van der Waals surface area contributed by atoms with E-state index in [0.29, 0.717) is 5.56 Å². The molecule has 0 heterocycles. The summed E-state index contributed by atoms with van der Waals surface area (Å²) in [7, 11) is 1.62. The van der Waals surface area contributed by atoms with E-state index in [-0.39, 0.29) is 5.91 Å². The second-order valence-corrected chi connectivity index (χ2v) is 3.51. The molecular weight excluding hydrogens is 178 g/mol. The zero-order valence-electron chi connectivity index (χ0n) is 8.08. The monoisotopic (exact) mass is 191 g/mol. The summed E-state index contributed by atoms with van der Waals surface area (Å²) in [6, 6.07) is 5.51. The zero-order valence-corrected chi connectivity index (χ0v) is 8.08. The third-order valence-corrected chi connectivity index (χ3v) is 2.71. The largest absolute Gasteiger partial charge is 0.388 e. The summed E-state index contributed by atoms with van der Waals surface area (Å²) in [6.07, 6.45) is 1.12. The van der Waals surface area contributed by atoms with Gasteiger partial charge in [0.15, 0.2) is 0 Å². The quantitative estimate of drug-likeness (QED) is 0.696. The van der Waals surface area contributed by atoms with E-state index >= 15 is 0 Å². The molecule has 2 N–H and O–H groups in total. The van der Waals surface area contributed by atoms with Crippen molar-refractivity contribution >= 4 is 5.91 Å². The van der Waals surface area contributed by atoms with E-state index in [4.69, 9.17) is 0 Å². The fraction of sp³-hybridized carbons (Fsp3) is 0.364. The Kier molecular flexibility index (Phi) is 2.25. The molecule has 0 aliphatic heterocycles. The van der Waals surface area contributed by atoms with E-state index in [1.165, 1.54) is 0 Å². The van der Waals surface area contributed by atoms with Crippen LogP contribution in [-0.4, -0.2) is 18.1 Å². The lowest BCUT2D eigenvalue weighted by Crippen LogP contribution is -2.19. The maximum Gasteiger partial charge on any atom is 0.251 e. The number of aliphatic hydroxyl groups excluding tert-OH is 1. The van der Waals surface area contributed by atoms with Crippen molar-refractivity contribution in [2.24, 2.45) is 0 Å².